The van der Waals surface area contributed by atoms with Gasteiger partial charge in [-0.1, -0.05) is 53.2 Å². The van der Waals surface area contributed by atoms with Crippen molar-refractivity contribution in [1.82, 2.24) is 4.72 Å². The smallest absolute Gasteiger partial charge is 0.211 e. The predicted octanol–water partition coefficient (Wildman–Crippen LogP) is 3.96. The monoisotopic (exact) mass is 365 g/mol. The molecule has 1 aromatic carbocycles. The van der Waals surface area contributed by atoms with Crippen molar-refractivity contribution in [3.05, 3.63) is 27.7 Å². The summed E-state index contributed by atoms with van der Waals surface area (Å²) in [6.45, 7) is 0.486. The Balaban J connectivity index is 1.97. The molecule has 0 amide bonds. The van der Waals surface area contributed by atoms with Gasteiger partial charge in [0.15, 0.2) is 0 Å². The minimum atomic E-state index is -3.50. The molecule has 0 unspecified atom stereocenters. The fourth-order valence-corrected chi connectivity index (χ4v) is 4.55. The molecule has 0 atom stereocenters. The van der Waals surface area contributed by atoms with E-state index in [0.29, 0.717) is 12.5 Å². The average Bonchev–Trinajstić information content (AvgIpc) is 2.81. The van der Waals surface area contributed by atoms with Crippen LogP contribution in [0.2, 0.25) is 5.02 Å². The van der Waals surface area contributed by atoms with Crippen LogP contribution in [0, 0.1) is 5.92 Å². The largest absolute Gasteiger partial charge is 0.242 e. The van der Waals surface area contributed by atoms with Crippen LogP contribution in [0.4, 0.5) is 0 Å². The van der Waals surface area contributed by atoms with E-state index in [0.717, 1.165) is 10.9 Å². The van der Waals surface area contributed by atoms with Crippen LogP contribution in [0.3, 0.4) is 0 Å². The van der Waals surface area contributed by atoms with Gasteiger partial charge in [0.2, 0.25) is 10.0 Å². The molecule has 1 aromatic rings. The first-order chi connectivity index (χ1) is 8.99. The Morgan fingerprint density at radius 3 is 2.63 bits per heavy atom. The lowest BCUT2D eigenvalue weighted by Gasteiger charge is -2.11. The lowest BCUT2D eigenvalue weighted by Crippen LogP contribution is -2.26. The molecule has 3 nitrogen and oxygen atoms in total. The van der Waals surface area contributed by atoms with Crippen LogP contribution in [-0.4, -0.2) is 15.0 Å². The number of benzene rings is 1. The zero-order valence-electron chi connectivity index (χ0n) is 10.5. The lowest BCUT2D eigenvalue weighted by molar-refractivity contribution is 0.495. The molecule has 0 spiro atoms. The quantitative estimate of drug-likeness (QED) is 0.857. The van der Waals surface area contributed by atoms with Gasteiger partial charge >= 0.3 is 0 Å². The van der Waals surface area contributed by atoms with Crippen LogP contribution in [0.5, 0.6) is 0 Å². The van der Waals surface area contributed by atoms with Crippen LogP contribution >= 0.6 is 27.5 Å². The summed E-state index contributed by atoms with van der Waals surface area (Å²) < 4.78 is 27.7. The second-order valence-electron chi connectivity index (χ2n) is 4.91. The Labute approximate surface area is 127 Å². The van der Waals surface area contributed by atoms with Crippen molar-refractivity contribution in [3.8, 4) is 0 Å². The lowest BCUT2D eigenvalue weighted by atomic mass is 10.1. The summed E-state index contributed by atoms with van der Waals surface area (Å²) in [7, 11) is -3.50. The fraction of sp³-hybridized carbons (Fsp3) is 0.538. The number of nitrogens with one attached hydrogen (secondary N) is 1. The highest BCUT2D eigenvalue weighted by atomic mass is 79.9. The van der Waals surface area contributed by atoms with E-state index in [1.54, 1.807) is 12.1 Å². The maximum Gasteiger partial charge on any atom is 0.242 e. The summed E-state index contributed by atoms with van der Waals surface area (Å²) in [6.07, 6.45) is 5.90. The van der Waals surface area contributed by atoms with E-state index < -0.39 is 10.0 Å². The minimum absolute atomic E-state index is 0.142. The van der Waals surface area contributed by atoms with Gasteiger partial charge in [0.1, 0.15) is 4.90 Å². The van der Waals surface area contributed by atoms with Crippen LogP contribution in [0.1, 0.15) is 32.1 Å². The second-order valence-corrected chi connectivity index (χ2v) is 7.97. The number of hydrogen-bond acceptors (Lipinski definition) is 2. The van der Waals surface area contributed by atoms with Gasteiger partial charge in [-0.2, -0.15) is 0 Å². The van der Waals surface area contributed by atoms with Gasteiger partial charge in [0, 0.05) is 11.0 Å². The standard InChI is InChI=1S/C13H17BrClNO2S/c14-11-5-6-13(12(15)9-11)19(17,18)16-8-7-10-3-1-2-4-10/h5-6,9-10,16H,1-4,7-8H2. The molecule has 1 aliphatic rings. The average molecular weight is 367 g/mol. The molecule has 0 saturated heterocycles. The highest BCUT2D eigenvalue weighted by Crippen LogP contribution is 2.28. The van der Waals surface area contributed by atoms with Crippen LogP contribution < -0.4 is 4.72 Å². The van der Waals surface area contributed by atoms with Crippen molar-refractivity contribution in [2.75, 3.05) is 6.54 Å². The van der Waals surface area contributed by atoms with E-state index in [1.165, 1.54) is 31.7 Å². The van der Waals surface area contributed by atoms with E-state index >= 15 is 0 Å². The Bertz CT molecular complexity index is 542. The molecule has 0 heterocycles. The molecule has 1 fully saturated rings. The molecule has 1 N–H and O–H groups in total. The predicted molar refractivity (Wildman–Crippen MR) is 80.9 cm³/mol. The van der Waals surface area contributed by atoms with Gasteiger partial charge in [-0.25, -0.2) is 13.1 Å². The SMILES string of the molecule is O=S(=O)(NCCC1CCCC1)c1ccc(Br)cc1Cl. The van der Waals surface area contributed by atoms with Gasteiger partial charge in [-0.05, 0) is 30.5 Å². The van der Waals surface area contributed by atoms with Crippen LogP contribution in [0.25, 0.3) is 0 Å². The van der Waals surface area contributed by atoms with Crippen molar-refractivity contribution in [1.29, 1.82) is 0 Å². The van der Waals surface area contributed by atoms with Gasteiger partial charge in [-0.3, -0.25) is 0 Å². The van der Waals surface area contributed by atoms with E-state index in [4.69, 9.17) is 11.6 Å². The van der Waals surface area contributed by atoms with Gasteiger partial charge < -0.3 is 0 Å². The third-order valence-electron chi connectivity index (χ3n) is 3.50. The minimum Gasteiger partial charge on any atom is -0.211 e. The van der Waals surface area contributed by atoms with Gasteiger partial charge in [0.05, 0.1) is 5.02 Å². The zero-order chi connectivity index (χ0) is 13.9. The number of hydrogen-bond donors (Lipinski definition) is 1. The summed E-state index contributed by atoms with van der Waals surface area (Å²) in [5.41, 5.74) is 0. The van der Waals surface area contributed by atoms with Crippen LogP contribution in [0.15, 0.2) is 27.6 Å². The molecule has 1 saturated carbocycles. The van der Waals surface area contributed by atoms with Gasteiger partial charge in [0.25, 0.3) is 0 Å². The maximum absolute atomic E-state index is 12.1. The van der Waals surface area contributed by atoms with Crippen molar-refractivity contribution < 1.29 is 8.42 Å². The van der Waals surface area contributed by atoms with E-state index in [2.05, 4.69) is 20.7 Å². The third-order valence-corrected chi connectivity index (χ3v) is 5.94. The molecule has 1 aliphatic carbocycles. The molecule has 0 bridgehead atoms. The van der Waals surface area contributed by atoms with Crippen molar-refractivity contribution >= 4 is 37.6 Å². The van der Waals surface area contributed by atoms with Crippen molar-refractivity contribution in [2.24, 2.45) is 5.92 Å². The molecular weight excluding hydrogens is 350 g/mol. The topological polar surface area (TPSA) is 46.2 Å². The summed E-state index contributed by atoms with van der Waals surface area (Å²) in [6, 6.07) is 4.79. The number of halogens is 2. The molecular formula is C13H17BrClNO2S. The van der Waals surface area contributed by atoms with Crippen molar-refractivity contribution in [2.45, 2.75) is 37.0 Å². The van der Waals surface area contributed by atoms with Gasteiger partial charge in [-0.15, -0.1) is 0 Å². The number of rotatable bonds is 5. The van der Waals surface area contributed by atoms with E-state index in [-0.39, 0.29) is 9.92 Å². The summed E-state index contributed by atoms with van der Waals surface area (Å²) >= 11 is 9.23. The Morgan fingerprint density at radius 1 is 1.32 bits per heavy atom. The molecule has 6 heteroatoms. The summed E-state index contributed by atoms with van der Waals surface area (Å²) in [5, 5.41) is 0.239. The molecule has 0 aromatic heterocycles. The zero-order valence-corrected chi connectivity index (χ0v) is 13.7. The number of sulfonamides is 1. The Kier molecular flexibility index (Phi) is 5.29. The summed E-state index contributed by atoms with van der Waals surface area (Å²) in [4.78, 5) is 0.142. The first-order valence-corrected chi connectivity index (χ1v) is 9.09. The highest BCUT2D eigenvalue weighted by molar-refractivity contribution is 9.10. The second kappa shape index (κ2) is 6.57. The van der Waals surface area contributed by atoms with Crippen LogP contribution in [-0.2, 0) is 10.0 Å². The molecule has 0 aliphatic heterocycles. The molecule has 2 rings (SSSR count). The normalized spacial score (nSPS) is 16.9. The van der Waals surface area contributed by atoms with E-state index in [1.807, 2.05) is 0 Å². The molecule has 106 valence electrons. The summed E-state index contributed by atoms with van der Waals surface area (Å²) in [5.74, 6) is 0.670. The first-order valence-electron chi connectivity index (χ1n) is 6.44. The molecule has 19 heavy (non-hydrogen) atoms. The molecule has 0 radical (unpaired) electrons. The highest BCUT2D eigenvalue weighted by Gasteiger charge is 2.19. The maximum atomic E-state index is 12.1. The van der Waals surface area contributed by atoms with E-state index in [9.17, 15) is 8.42 Å². The van der Waals surface area contributed by atoms with Crippen molar-refractivity contribution in [3.63, 3.8) is 0 Å². The fourth-order valence-electron chi connectivity index (χ4n) is 2.47. The Morgan fingerprint density at radius 2 is 2.00 bits per heavy atom. The first kappa shape index (κ1) is 15.3. The third kappa shape index (κ3) is 4.18. The Hall–Kier alpha value is -0.100.